The fraction of sp³-hybridized carbons (Fsp3) is 0.417. The smallest absolute Gasteiger partial charge is 0.303 e. The van der Waals surface area contributed by atoms with Gasteiger partial charge in [-0.3, -0.25) is 9.59 Å². The molecule has 1 amide bonds. The summed E-state index contributed by atoms with van der Waals surface area (Å²) in [6.45, 7) is 3.69. The number of aliphatic carboxylic acids is 1. The zero-order valence-corrected chi connectivity index (χ0v) is 10.4. The van der Waals surface area contributed by atoms with E-state index in [1.165, 1.54) is 0 Å². The molecular formula is C12H17N3O3. The molecule has 6 heteroatoms. The summed E-state index contributed by atoms with van der Waals surface area (Å²) in [6, 6.07) is 3.19. The lowest BCUT2D eigenvalue weighted by atomic mass is 9.98. The number of carboxylic acid groups (broad SMARTS) is 1. The van der Waals surface area contributed by atoms with Crippen LogP contribution in [0, 0.1) is 0 Å². The Balaban J connectivity index is 2.83. The molecule has 98 valence electrons. The van der Waals surface area contributed by atoms with E-state index in [1.807, 2.05) is 13.8 Å². The topological polar surface area (TPSA) is 105 Å². The number of anilines is 1. The Morgan fingerprint density at radius 2 is 2.17 bits per heavy atom. The number of carbonyl (C=O) groups is 2. The molecule has 0 spiro atoms. The average Bonchev–Trinajstić information content (AvgIpc) is 2.26. The summed E-state index contributed by atoms with van der Waals surface area (Å²) in [6.07, 6.45) is 2.00. The minimum Gasteiger partial charge on any atom is -0.481 e. The molecule has 0 aromatic carbocycles. The van der Waals surface area contributed by atoms with E-state index in [-0.39, 0.29) is 6.42 Å². The van der Waals surface area contributed by atoms with Crippen molar-refractivity contribution in [2.75, 3.05) is 5.32 Å². The van der Waals surface area contributed by atoms with Gasteiger partial charge in [0.25, 0.3) is 5.91 Å². The molecule has 0 unspecified atom stereocenters. The van der Waals surface area contributed by atoms with Gasteiger partial charge in [-0.25, -0.2) is 4.98 Å². The number of nitrogens with zero attached hydrogens (tertiary/aromatic N) is 1. The van der Waals surface area contributed by atoms with Crippen LogP contribution in [0.3, 0.4) is 0 Å². The minimum absolute atomic E-state index is 0.0404. The van der Waals surface area contributed by atoms with Crippen molar-refractivity contribution in [1.82, 2.24) is 4.98 Å². The summed E-state index contributed by atoms with van der Waals surface area (Å²) in [5, 5.41) is 11.7. The minimum atomic E-state index is -0.860. The highest BCUT2D eigenvalue weighted by atomic mass is 16.4. The first-order chi connectivity index (χ1) is 8.32. The molecule has 1 heterocycles. The van der Waals surface area contributed by atoms with E-state index >= 15 is 0 Å². The molecule has 6 nitrogen and oxygen atoms in total. The maximum absolute atomic E-state index is 11.2. The van der Waals surface area contributed by atoms with E-state index in [4.69, 9.17) is 10.8 Å². The first-order valence-electron chi connectivity index (χ1n) is 5.56. The quantitative estimate of drug-likeness (QED) is 0.705. The van der Waals surface area contributed by atoms with E-state index < -0.39 is 17.4 Å². The van der Waals surface area contributed by atoms with Crippen LogP contribution in [0.25, 0.3) is 0 Å². The van der Waals surface area contributed by atoms with Crippen LogP contribution < -0.4 is 11.1 Å². The van der Waals surface area contributed by atoms with Crippen LogP contribution in [-0.4, -0.2) is 27.5 Å². The van der Waals surface area contributed by atoms with E-state index in [0.717, 1.165) is 0 Å². The SMILES string of the molecule is CC(C)(CCC(=O)O)Nc1ncccc1C(N)=O. The molecule has 0 saturated heterocycles. The second kappa shape index (κ2) is 5.48. The number of carboxylic acids is 1. The van der Waals surface area contributed by atoms with Gasteiger partial charge >= 0.3 is 5.97 Å². The predicted molar refractivity (Wildman–Crippen MR) is 67.3 cm³/mol. The number of carbonyl (C=O) groups excluding carboxylic acids is 1. The Morgan fingerprint density at radius 3 is 2.72 bits per heavy atom. The number of primary amides is 1. The number of nitrogens with one attached hydrogen (secondary N) is 1. The van der Waals surface area contributed by atoms with Crippen molar-refractivity contribution in [3.8, 4) is 0 Å². The highest BCUT2D eigenvalue weighted by Crippen LogP contribution is 2.20. The average molecular weight is 251 g/mol. The second-order valence-electron chi connectivity index (χ2n) is 4.67. The summed E-state index contributed by atoms with van der Waals surface area (Å²) in [7, 11) is 0. The first-order valence-corrected chi connectivity index (χ1v) is 5.56. The van der Waals surface area contributed by atoms with Gasteiger partial charge in [-0.2, -0.15) is 0 Å². The molecule has 0 aliphatic heterocycles. The van der Waals surface area contributed by atoms with Crippen molar-refractivity contribution >= 4 is 17.7 Å². The van der Waals surface area contributed by atoms with Gasteiger partial charge in [0.15, 0.2) is 0 Å². The van der Waals surface area contributed by atoms with Crippen molar-refractivity contribution in [2.45, 2.75) is 32.2 Å². The zero-order chi connectivity index (χ0) is 13.8. The van der Waals surface area contributed by atoms with Gasteiger partial charge in [-0.15, -0.1) is 0 Å². The number of amides is 1. The van der Waals surface area contributed by atoms with Crippen LogP contribution in [0.2, 0.25) is 0 Å². The third-order valence-electron chi connectivity index (χ3n) is 2.49. The Hall–Kier alpha value is -2.11. The molecular weight excluding hydrogens is 234 g/mol. The first kappa shape index (κ1) is 14.0. The highest BCUT2D eigenvalue weighted by molar-refractivity contribution is 5.97. The van der Waals surface area contributed by atoms with E-state index in [0.29, 0.717) is 17.8 Å². The van der Waals surface area contributed by atoms with Crippen LogP contribution in [0.15, 0.2) is 18.3 Å². The monoisotopic (exact) mass is 251 g/mol. The number of aromatic nitrogens is 1. The third-order valence-corrected chi connectivity index (χ3v) is 2.49. The van der Waals surface area contributed by atoms with Crippen LogP contribution in [0.1, 0.15) is 37.0 Å². The Morgan fingerprint density at radius 1 is 1.50 bits per heavy atom. The van der Waals surface area contributed by atoms with E-state index in [9.17, 15) is 9.59 Å². The van der Waals surface area contributed by atoms with E-state index in [2.05, 4.69) is 10.3 Å². The molecule has 1 aromatic heterocycles. The Labute approximate surface area is 105 Å². The number of nitrogens with two attached hydrogens (primary N) is 1. The molecule has 0 bridgehead atoms. The molecule has 0 saturated carbocycles. The van der Waals surface area contributed by atoms with Gasteiger partial charge < -0.3 is 16.2 Å². The van der Waals surface area contributed by atoms with Gasteiger partial charge in [-0.05, 0) is 32.4 Å². The third kappa shape index (κ3) is 4.04. The standard InChI is InChI=1S/C12H17N3O3/c1-12(2,6-5-9(16)17)15-11-8(10(13)18)4-3-7-14-11/h3-4,7H,5-6H2,1-2H3,(H2,13,18)(H,14,15)(H,16,17). The summed E-state index contributed by atoms with van der Waals surface area (Å²) >= 11 is 0. The number of rotatable bonds is 6. The predicted octanol–water partition coefficient (Wildman–Crippen LogP) is 1.24. The van der Waals surface area contributed by atoms with Crippen LogP contribution in [0.4, 0.5) is 5.82 Å². The summed E-state index contributed by atoms with van der Waals surface area (Å²) in [4.78, 5) is 25.8. The van der Waals surface area contributed by atoms with E-state index in [1.54, 1.807) is 18.3 Å². The largest absolute Gasteiger partial charge is 0.481 e. The van der Waals surface area contributed by atoms with Crippen molar-refractivity contribution in [2.24, 2.45) is 5.73 Å². The van der Waals surface area contributed by atoms with Crippen LogP contribution in [-0.2, 0) is 4.79 Å². The molecule has 18 heavy (non-hydrogen) atoms. The number of hydrogen-bond donors (Lipinski definition) is 3. The fourth-order valence-electron chi connectivity index (χ4n) is 1.51. The molecule has 0 radical (unpaired) electrons. The molecule has 1 rings (SSSR count). The molecule has 0 aliphatic rings. The van der Waals surface area contributed by atoms with Crippen molar-refractivity contribution in [3.05, 3.63) is 23.9 Å². The molecule has 0 fully saturated rings. The van der Waals surface area contributed by atoms with Gasteiger partial charge in [0.05, 0.1) is 5.56 Å². The van der Waals surface area contributed by atoms with Crippen LogP contribution >= 0.6 is 0 Å². The molecule has 4 N–H and O–H groups in total. The molecule has 0 atom stereocenters. The van der Waals surface area contributed by atoms with Gasteiger partial charge in [0.1, 0.15) is 5.82 Å². The number of pyridine rings is 1. The maximum Gasteiger partial charge on any atom is 0.303 e. The lowest BCUT2D eigenvalue weighted by molar-refractivity contribution is -0.137. The summed E-state index contributed by atoms with van der Waals surface area (Å²) in [5.74, 6) is -1.05. The van der Waals surface area contributed by atoms with Gasteiger partial charge in [0.2, 0.25) is 0 Å². The summed E-state index contributed by atoms with van der Waals surface area (Å²) < 4.78 is 0. The highest BCUT2D eigenvalue weighted by Gasteiger charge is 2.21. The molecule has 0 aliphatic carbocycles. The Kier molecular flexibility index (Phi) is 4.25. The normalized spacial score (nSPS) is 11.0. The fourth-order valence-corrected chi connectivity index (χ4v) is 1.51. The summed E-state index contributed by atoms with van der Waals surface area (Å²) in [5.41, 5.74) is 5.05. The Bertz CT molecular complexity index is 458. The van der Waals surface area contributed by atoms with Gasteiger partial charge in [-0.1, -0.05) is 0 Å². The second-order valence-corrected chi connectivity index (χ2v) is 4.67. The van der Waals surface area contributed by atoms with Gasteiger partial charge in [0, 0.05) is 18.2 Å². The zero-order valence-electron chi connectivity index (χ0n) is 10.4. The lowest BCUT2D eigenvalue weighted by Gasteiger charge is -2.27. The van der Waals surface area contributed by atoms with Crippen molar-refractivity contribution in [1.29, 1.82) is 0 Å². The lowest BCUT2D eigenvalue weighted by Crippen LogP contribution is -2.33. The maximum atomic E-state index is 11.2. The van der Waals surface area contributed by atoms with Crippen molar-refractivity contribution in [3.63, 3.8) is 0 Å². The van der Waals surface area contributed by atoms with Crippen molar-refractivity contribution < 1.29 is 14.7 Å². The van der Waals surface area contributed by atoms with Crippen LogP contribution in [0.5, 0.6) is 0 Å². The number of hydrogen-bond acceptors (Lipinski definition) is 4. The molecule has 1 aromatic rings.